The number of piperidine rings is 2. The summed E-state index contributed by atoms with van der Waals surface area (Å²) in [6, 6.07) is -0.636. The number of aliphatic hydroxyl groups is 3. The van der Waals surface area contributed by atoms with Gasteiger partial charge in [0.05, 0.1) is 36.9 Å². The first-order valence-electron chi connectivity index (χ1n) is 21.1. The molecule has 0 radical (unpaired) electrons. The van der Waals surface area contributed by atoms with E-state index >= 15 is 0 Å². The number of rotatable bonds is 9. The van der Waals surface area contributed by atoms with Crippen LogP contribution in [0.2, 0.25) is 0 Å². The number of ketones is 1. The molecule has 12 atom stereocenters. The van der Waals surface area contributed by atoms with Crippen LogP contribution in [0.1, 0.15) is 99.8 Å². The van der Waals surface area contributed by atoms with Gasteiger partial charge in [-0.15, -0.1) is 0 Å². The van der Waals surface area contributed by atoms with Crippen molar-refractivity contribution in [1.82, 2.24) is 14.7 Å². The number of cyclic esters (lactones) is 1. The molecule has 0 aromatic rings. The number of carbonyl (C=O) groups excluding carboxylic acids is 2. The van der Waals surface area contributed by atoms with Crippen LogP contribution in [0.3, 0.4) is 0 Å². The van der Waals surface area contributed by atoms with Gasteiger partial charge in [0.15, 0.2) is 12.1 Å². The molecule has 4 rings (SSSR count). The molecule has 0 aromatic heterocycles. The number of likely N-dealkylation sites (N-methyl/N-ethyl adjacent to an activating group) is 1. The summed E-state index contributed by atoms with van der Waals surface area (Å²) in [5.74, 6) is -0.221. The van der Waals surface area contributed by atoms with Crippen molar-refractivity contribution in [2.24, 2.45) is 35.5 Å². The summed E-state index contributed by atoms with van der Waals surface area (Å²) >= 11 is 0. The zero-order valence-electron chi connectivity index (χ0n) is 34.9. The minimum atomic E-state index is -1.17. The van der Waals surface area contributed by atoms with Gasteiger partial charge in [0, 0.05) is 24.3 Å². The molecule has 0 saturated carbocycles. The maximum atomic E-state index is 13.8. The van der Waals surface area contributed by atoms with Gasteiger partial charge in [0.1, 0.15) is 12.2 Å². The highest BCUT2D eigenvalue weighted by Crippen LogP contribution is 2.35. The third kappa shape index (κ3) is 12.7. The second-order valence-corrected chi connectivity index (χ2v) is 17.8. The number of allylic oxidation sites excluding steroid dienone is 3. The van der Waals surface area contributed by atoms with Gasteiger partial charge in [0.25, 0.3) is 0 Å². The average Bonchev–Trinajstić information content (AvgIpc) is 3.12. The van der Waals surface area contributed by atoms with Crippen molar-refractivity contribution in [2.75, 3.05) is 53.4 Å². The molecule has 4 aliphatic heterocycles. The number of likely N-dealkylation sites (tertiary alicyclic amines) is 2. The molecule has 54 heavy (non-hydrogen) atoms. The van der Waals surface area contributed by atoms with Crippen LogP contribution in [0.25, 0.3) is 0 Å². The molecule has 0 amide bonds. The monoisotopic (exact) mass is 762 g/mol. The fourth-order valence-corrected chi connectivity index (χ4v) is 9.03. The molecule has 12 unspecified atom stereocenters. The van der Waals surface area contributed by atoms with Gasteiger partial charge in [-0.25, -0.2) is 0 Å². The second-order valence-electron chi connectivity index (χ2n) is 17.8. The summed E-state index contributed by atoms with van der Waals surface area (Å²) in [7, 11) is 3.61. The lowest BCUT2D eigenvalue weighted by Crippen LogP contribution is -2.63. The Morgan fingerprint density at radius 2 is 1.50 bits per heavy atom. The van der Waals surface area contributed by atoms with E-state index in [1.165, 1.54) is 0 Å². The molecule has 4 heterocycles. The lowest BCUT2D eigenvalue weighted by molar-refractivity contribution is -0.304. The molecule has 3 saturated heterocycles. The molecule has 0 aromatic carbocycles. The topological polar surface area (TPSA) is 132 Å². The minimum Gasteiger partial charge on any atom is -0.462 e. The van der Waals surface area contributed by atoms with Crippen LogP contribution in [0.4, 0.5) is 0 Å². The Morgan fingerprint density at radius 1 is 0.889 bits per heavy atom. The summed E-state index contributed by atoms with van der Waals surface area (Å²) in [5.41, 5.74) is 0.952. The van der Waals surface area contributed by atoms with Crippen molar-refractivity contribution in [1.29, 1.82) is 0 Å². The SMILES string of the molecule is CCC1OC(=O)CC(O)C(C)C(OC2OC(C)C(O)C(N(C)C)C2O)C(CCN2CCC(C)CC2)CC(C)C(=O)C=CC(C)=CC1CN1CCC(C)CC1. The fourth-order valence-electron chi connectivity index (χ4n) is 9.03. The summed E-state index contributed by atoms with van der Waals surface area (Å²) in [4.78, 5) is 34.3. The highest BCUT2D eigenvalue weighted by atomic mass is 16.7. The number of hydrogen-bond acceptors (Lipinski definition) is 11. The highest BCUT2D eigenvalue weighted by Gasteiger charge is 2.47. The Balaban J connectivity index is 1.68. The van der Waals surface area contributed by atoms with Gasteiger partial charge in [-0.05, 0) is 129 Å². The van der Waals surface area contributed by atoms with Crippen LogP contribution in [0.15, 0.2) is 23.8 Å². The third-order valence-corrected chi connectivity index (χ3v) is 13.0. The molecule has 4 aliphatic rings. The smallest absolute Gasteiger partial charge is 0.308 e. The number of carbonyl (C=O) groups is 2. The van der Waals surface area contributed by atoms with Crippen LogP contribution in [-0.2, 0) is 23.8 Å². The van der Waals surface area contributed by atoms with Crippen molar-refractivity contribution in [3.05, 3.63) is 23.8 Å². The standard InChI is InChI=1S/C43H75N3O8/c1-10-37-34(26-46-20-15-28(3)16-21-46)23-29(4)11-12-35(47)30(5)24-33(17-22-45-18-13-27(2)14-19-45)42(31(6)36(48)25-38(49)53-37)54-43-41(51)39(44(8)9)40(50)32(7)52-43/h11-12,23,27-28,30-34,36-37,39-43,48,50-51H,10,13-22,24-26H2,1-9H3. The second kappa shape index (κ2) is 21.2. The zero-order chi connectivity index (χ0) is 39.7. The largest absolute Gasteiger partial charge is 0.462 e. The molecule has 0 spiro atoms. The Hall–Kier alpha value is -1.70. The van der Waals surface area contributed by atoms with E-state index in [9.17, 15) is 24.9 Å². The van der Waals surface area contributed by atoms with E-state index in [0.717, 1.165) is 70.5 Å². The number of nitrogens with zero attached hydrogens (tertiary/aromatic N) is 3. The number of ether oxygens (including phenoxy) is 3. The van der Waals surface area contributed by atoms with Crippen molar-refractivity contribution >= 4 is 11.8 Å². The molecule has 0 aliphatic carbocycles. The first-order chi connectivity index (χ1) is 25.6. The molecule has 11 nitrogen and oxygen atoms in total. The van der Waals surface area contributed by atoms with E-state index in [2.05, 4.69) is 29.7 Å². The lowest BCUT2D eigenvalue weighted by Gasteiger charge is -2.47. The predicted octanol–water partition coefficient (Wildman–Crippen LogP) is 4.68. The van der Waals surface area contributed by atoms with E-state index in [4.69, 9.17) is 14.2 Å². The van der Waals surface area contributed by atoms with E-state index < -0.39 is 54.7 Å². The Bertz CT molecular complexity index is 1230. The quantitative estimate of drug-likeness (QED) is 0.283. The first kappa shape index (κ1) is 45.0. The highest BCUT2D eigenvalue weighted by molar-refractivity contribution is 5.91. The summed E-state index contributed by atoms with van der Waals surface area (Å²) in [6.07, 6.45) is 5.92. The summed E-state index contributed by atoms with van der Waals surface area (Å²) in [5, 5.41) is 34.3. The lowest BCUT2D eigenvalue weighted by atomic mass is 9.79. The molecule has 3 fully saturated rings. The van der Waals surface area contributed by atoms with Gasteiger partial charge >= 0.3 is 5.97 Å². The minimum absolute atomic E-state index is 0.0250. The van der Waals surface area contributed by atoms with Gasteiger partial charge in [-0.3, -0.25) is 9.59 Å². The van der Waals surface area contributed by atoms with Crippen LogP contribution < -0.4 is 0 Å². The number of hydrogen-bond donors (Lipinski definition) is 3. The van der Waals surface area contributed by atoms with E-state index in [0.29, 0.717) is 31.1 Å². The van der Waals surface area contributed by atoms with Gasteiger partial charge < -0.3 is 44.2 Å². The summed E-state index contributed by atoms with van der Waals surface area (Å²) in [6.45, 7) is 19.8. The average molecular weight is 762 g/mol. The van der Waals surface area contributed by atoms with Crippen molar-refractivity contribution < 1.29 is 39.1 Å². The molecule has 3 N–H and O–H groups in total. The molecular weight excluding hydrogens is 686 g/mol. The van der Waals surface area contributed by atoms with Crippen LogP contribution in [0, 0.1) is 35.5 Å². The van der Waals surface area contributed by atoms with E-state index in [1.807, 2.05) is 33.8 Å². The van der Waals surface area contributed by atoms with Gasteiger partial charge in [-0.2, -0.15) is 0 Å². The van der Waals surface area contributed by atoms with Crippen molar-refractivity contribution in [2.45, 2.75) is 149 Å². The zero-order valence-corrected chi connectivity index (χ0v) is 34.9. The first-order valence-corrected chi connectivity index (χ1v) is 21.1. The Morgan fingerprint density at radius 3 is 2.09 bits per heavy atom. The normalized spacial score (nSPS) is 38.4. The maximum absolute atomic E-state index is 13.8. The van der Waals surface area contributed by atoms with Crippen LogP contribution in [-0.4, -0.2) is 144 Å². The molecule has 310 valence electrons. The van der Waals surface area contributed by atoms with Crippen molar-refractivity contribution in [3.63, 3.8) is 0 Å². The molecule has 0 bridgehead atoms. The van der Waals surface area contributed by atoms with E-state index in [-0.39, 0.29) is 36.1 Å². The van der Waals surface area contributed by atoms with Crippen LogP contribution >= 0.6 is 0 Å². The molecular formula is C43H75N3O8. The summed E-state index contributed by atoms with van der Waals surface area (Å²) < 4.78 is 19.1. The maximum Gasteiger partial charge on any atom is 0.308 e. The fraction of sp³-hybridized carbons (Fsp3) is 0.860. The number of esters is 1. The van der Waals surface area contributed by atoms with Crippen LogP contribution in [0.5, 0.6) is 0 Å². The van der Waals surface area contributed by atoms with Gasteiger partial charge in [-0.1, -0.05) is 52.3 Å². The Labute approximate surface area is 326 Å². The Kier molecular flexibility index (Phi) is 17.6. The number of aliphatic hydroxyl groups excluding tert-OH is 3. The predicted molar refractivity (Wildman–Crippen MR) is 212 cm³/mol. The molecule has 11 heteroatoms. The van der Waals surface area contributed by atoms with E-state index in [1.54, 1.807) is 32.0 Å². The van der Waals surface area contributed by atoms with Gasteiger partial charge in [0.2, 0.25) is 0 Å². The third-order valence-electron chi connectivity index (χ3n) is 13.0. The van der Waals surface area contributed by atoms with Crippen molar-refractivity contribution in [3.8, 4) is 0 Å².